The molecule has 38 heavy (non-hydrogen) atoms. The summed E-state index contributed by atoms with van der Waals surface area (Å²) in [5.74, 6) is -1.11. The van der Waals surface area contributed by atoms with Crippen LogP contribution in [0.2, 0.25) is 0 Å². The van der Waals surface area contributed by atoms with Crippen molar-refractivity contribution >= 4 is 40.1 Å². The fraction of sp³-hybridized carbons (Fsp3) is 0.125. The van der Waals surface area contributed by atoms with Crippen LogP contribution in [-0.4, -0.2) is 37.8 Å². The lowest BCUT2D eigenvalue weighted by atomic mass is 10.1. The van der Waals surface area contributed by atoms with E-state index in [0.717, 1.165) is 11.6 Å². The Kier molecular flexibility index (Phi) is 6.97. The zero-order valence-corrected chi connectivity index (χ0v) is 20.0. The van der Waals surface area contributed by atoms with Crippen LogP contribution in [0.25, 0.3) is 22.3 Å². The molecule has 2 aromatic carbocycles. The highest BCUT2D eigenvalue weighted by Crippen LogP contribution is 2.32. The van der Waals surface area contributed by atoms with E-state index in [0.29, 0.717) is 17.1 Å². The van der Waals surface area contributed by atoms with Gasteiger partial charge in [0.05, 0.1) is 11.1 Å². The average molecular weight is 527 g/mol. The quantitative estimate of drug-likeness (QED) is 0.176. The van der Waals surface area contributed by atoms with Gasteiger partial charge in [0.2, 0.25) is 0 Å². The molecule has 0 bridgehead atoms. The molecular formula is C24H21F4N9O. The minimum absolute atomic E-state index is 0.00988. The summed E-state index contributed by atoms with van der Waals surface area (Å²) in [5.41, 5.74) is 11.4. The molecule has 0 spiro atoms. The third kappa shape index (κ3) is 5.69. The number of carbonyl (C=O) groups is 1. The maximum absolute atomic E-state index is 15.1. The summed E-state index contributed by atoms with van der Waals surface area (Å²) >= 11 is 0. The highest BCUT2D eigenvalue weighted by molar-refractivity contribution is 6.09. The van der Waals surface area contributed by atoms with Gasteiger partial charge in [0.25, 0.3) is 0 Å². The fourth-order valence-electron chi connectivity index (χ4n) is 3.45. The Bertz CT molecular complexity index is 1570. The van der Waals surface area contributed by atoms with Crippen molar-refractivity contribution in [2.45, 2.75) is 13.1 Å². The van der Waals surface area contributed by atoms with E-state index in [4.69, 9.17) is 11.5 Å². The van der Waals surface area contributed by atoms with Gasteiger partial charge in [-0.3, -0.25) is 5.32 Å². The lowest BCUT2D eigenvalue weighted by Crippen LogP contribution is -2.34. The number of nitrogens with two attached hydrogens (primary N) is 2. The predicted molar refractivity (Wildman–Crippen MR) is 135 cm³/mol. The molecule has 0 aliphatic heterocycles. The predicted octanol–water partition coefficient (Wildman–Crippen LogP) is 4.32. The van der Waals surface area contributed by atoms with Crippen molar-refractivity contribution in [3.63, 3.8) is 0 Å². The standard InChI is InChI=1S/C24H21F4N9O/c1-12-3-5-13(6-4-12)33-18(10-17(29)24(26,27)28)35-23(38)34-14-7-8-15(16(25)9-14)20-19-21(30)31-11-32-22(19)37(2)36-20/h3-11H,29H2,1-2H3,(H2,30,31,32)(H2,33,34,35,38). The molecule has 0 fully saturated rings. The number of fused-ring (bicyclic) bond motifs is 1. The number of nitrogens with one attached hydrogen (secondary N) is 2. The summed E-state index contributed by atoms with van der Waals surface area (Å²) in [4.78, 5) is 24.6. The van der Waals surface area contributed by atoms with Crippen LogP contribution >= 0.6 is 0 Å². The number of nitrogens with zero attached hydrogens (tertiary/aromatic N) is 5. The first-order valence-corrected chi connectivity index (χ1v) is 10.9. The van der Waals surface area contributed by atoms with Crippen molar-refractivity contribution in [2.24, 2.45) is 17.8 Å². The van der Waals surface area contributed by atoms with Gasteiger partial charge in [-0.25, -0.2) is 28.8 Å². The average Bonchev–Trinajstić information content (AvgIpc) is 3.17. The lowest BCUT2D eigenvalue weighted by molar-refractivity contribution is -0.0925. The van der Waals surface area contributed by atoms with Gasteiger partial charge < -0.3 is 16.8 Å². The summed E-state index contributed by atoms with van der Waals surface area (Å²) in [6.45, 7) is 1.82. The van der Waals surface area contributed by atoms with Crippen LogP contribution in [0, 0.1) is 12.7 Å². The largest absolute Gasteiger partial charge is 0.430 e. The van der Waals surface area contributed by atoms with E-state index >= 15 is 4.39 Å². The van der Waals surface area contributed by atoms with E-state index in [9.17, 15) is 18.0 Å². The Morgan fingerprint density at radius 3 is 2.50 bits per heavy atom. The van der Waals surface area contributed by atoms with Crippen molar-refractivity contribution in [3.05, 3.63) is 71.9 Å². The minimum atomic E-state index is -4.84. The smallest absolute Gasteiger partial charge is 0.395 e. The van der Waals surface area contributed by atoms with E-state index in [1.54, 1.807) is 31.3 Å². The number of anilines is 2. The number of hydrogen-bond donors (Lipinski definition) is 4. The number of amides is 2. The van der Waals surface area contributed by atoms with Crippen molar-refractivity contribution in [1.29, 1.82) is 0 Å². The Morgan fingerprint density at radius 1 is 1.13 bits per heavy atom. The van der Waals surface area contributed by atoms with E-state index in [-0.39, 0.29) is 28.5 Å². The van der Waals surface area contributed by atoms with Gasteiger partial charge in [0, 0.05) is 24.4 Å². The number of halogens is 4. The van der Waals surface area contributed by atoms with Gasteiger partial charge in [-0.05, 0) is 37.3 Å². The molecule has 2 aromatic heterocycles. The Morgan fingerprint density at radius 2 is 1.84 bits per heavy atom. The van der Waals surface area contributed by atoms with Crippen LogP contribution in [0.5, 0.6) is 0 Å². The van der Waals surface area contributed by atoms with Gasteiger partial charge in [-0.15, -0.1) is 0 Å². The van der Waals surface area contributed by atoms with Crippen LogP contribution in [0.4, 0.5) is 39.5 Å². The van der Waals surface area contributed by atoms with Crippen molar-refractivity contribution in [2.75, 3.05) is 11.1 Å². The summed E-state index contributed by atoms with van der Waals surface area (Å²) in [6, 6.07) is 9.29. The third-order valence-electron chi connectivity index (χ3n) is 5.28. The second-order valence-corrected chi connectivity index (χ2v) is 8.13. The normalized spacial score (nSPS) is 12.6. The Hall–Kier alpha value is -5.01. The number of aliphatic imine (C=N–C) groups is 1. The molecule has 0 unspecified atom stereocenters. The van der Waals surface area contributed by atoms with Crippen molar-refractivity contribution in [1.82, 2.24) is 25.1 Å². The number of benzene rings is 2. The number of rotatable bonds is 4. The van der Waals surface area contributed by atoms with Gasteiger partial charge >= 0.3 is 12.2 Å². The molecule has 196 valence electrons. The second-order valence-electron chi connectivity index (χ2n) is 8.13. The fourth-order valence-corrected chi connectivity index (χ4v) is 3.45. The number of allylic oxidation sites excluding steroid dienone is 1. The summed E-state index contributed by atoms with van der Waals surface area (Å²) in [7, 11) is 1.62. The lowest BCUT2D eigenvalue weighted by Gasteiger charge is -2.11. The number of urea groups is 1. The number of alkyl halides is 3. The molecule has 6 N–H and O–H groups in total. The zero-order chi connectivity index (χ0) is 27.6. The molecule has 0 aliphatic carbocycles. The molecule has 4 aromatic rings. The monoisotopic (exact) mass is 527 g/mol. The first kappa shape index (κ1) is 26.1. The van der Waals surface area contributed by atoms with E-state index in [1.807, 2.05) is 6.92 Å². The van der Waals surface area contributed by atoms with Gasteiger partial charge in [-0.2, -0.15) is 18.3 Å². The molecule has 0 saturated heterocycles. The SMILES string of the molecule is Cc1ccc(N=C(C=C(N)C(F)(F)F)NC(=O)Nc2ccc(-c3nn(C)c4ncnc(N)c34)c(F)c2)cc1. The number of nitrogen functional groups attached to an aromatic ring is 1. The van der Waals surface area contributed by atoms with Crippen LogP contribution < -0.4 is 22.1 Å². The molecule has 10 nitrogen and oxygen atoms in total. The van der Waals surface area contributed by atoms with Crippen LogP contribution in [0.3, 0.4) is 0 Å². The van der Waals surface area contributed by atoms with E-state index < -0.39 is 29.6 Å². The van der Waals surface area contributed by atoms with Crippen LogP contribution in [-0.2, 0) is 7.05 Å². The first-order valence-electron chi connectivity index (χ1n) is 10.9. The van der Waals surface area contributed by atoms with Crippen LogP contribution in [0.15, 0.2) is 65.6 Å². The molecule has 14 heteroatoms. The third-order valence-corrected chi connectivity index (χ3v) is 5.28. The van der Waals surface area contributed by atoms with E-state index in [1.165, 1.54) is 23.1 Å². The van der Waals surface area contributed by atoms with Crippen LogP contribution in [0.1, 0.15) is 5.56 Å². The molecule has 2 amide bonds. The maximum Gasteiger partial charge on any atom is 0.430 e. The number of hydrogen-bond acceptors (Lipinski definition) is 7. The van der Waals surface area contributed by atoms with Gasteiger partial charge in [0.1, 0.15) is 35.2 Å². The molecule has 4 rings (SSSR count). The number of carbonyl (C=O) groups excluding carboxylic acids is 1. The molecular weight excluding hydrogens is 506 g/mol. The number of amidine groups is 1. The van der Waals surface area contributed by atoms with Crippen molar-refractivity contribution in [3.8, 4) is 11.3 Å². The second kappa shape index (κ2) is 10.2. The first-order chi connectivity index (χ1) is 17.9. The maximum atomic E-state index is 15.1. The molecule has 0 aliphatic rings. The molecule has 2 heterocycles. The zero-order valence-electron chi connectivity index (χ0n) is 20.0. The highest BCUT2D eigenvalue weighted by atomic mass is 19.4. The van der Waals surface area contributed by atoms with E-state index in [2.05, 4.69) is 30.7 Å². The Balaban J connectivity index is 1.59. The number of aromatic nitrogens is 4. The van der Waals surface area contributed by atoms with Gasteiger partial charge in [0.15, 0.2) is 5.65 Å². The summed E-state index contributed by atoms with van der Waals surface area (Å²) in [6.07, 6.45) is -3.09. The Labute approximate surface area is 213 Å². The highest BCUT2D eigenvalue weighted by Gasteiger charge is 2.32. The van der Waals surface area contributed by atoms with Crippen molar-refractivity contribution < 1.29 is 22.4 Å². The molecule has 0 atom stereocenters. The summed E-state index contributed by atoms with van der Waals surface area (Å²) < 4.78 is 55.5. The molecule has 0 saturated carbocycles. The minimum Gasteiger partial charge on any atom is -0.395 e. The van der Waals surface area contributed by atoms with Gasteiger partial charge in [-0.1, -0.05) is 17.7 Å². The molecule has 0 radical (unpaired) electrons. The topological polar surface area (TPSA) is 149 Å². The summed E-state index contributed by atoms with van der Waals surface area (Å²) in [5, 5.41) is 9.19. The number of aryl methyl sites for hydroxylation is 2.